The van der Waals surface area contributed by atoms with Gasteiger partial charge in [-0.15, -0.1) is 0 Å². The van der Waals surface area contributed by atoms with Crippen LogP contribution >= 0.6 is 0 Å². The van der Waals surface area contributed by atoms with Crippen molar-refractivity contribution >= 4 is 9.84 Å². The maximum atomic E-state index is 11.0. The molecule has 1 aromatic rings. The van der Waals surface area contributed by atoms with Gasteiger partial charge < -0.3 is 5.32 Å². The van der Waals surface area contributed by atoms with Crippen LogP contribution in [0.1, 0.15) is 24.8 Å². The maximum absolute atomic E-state index is 11.0. The van der Waals surface area contributed by atoms with Crippen molar-refractivity contribution in [2.45, 2.75) is 38.3 Å². The van der Waals surface area contributed by atoms with Crippen LogP contribution in [0.2, 0.25) is 0 Å². The molecule has 2 rings (SSSR count). The molecule has 5 nitrogen and oxygen atoms in total. The van der Waals surface area contributed by atoms with Crippen LogP contribution in [-0.4, -0.2) is 42.8 Å². The molecule has 1 fully saturated rings. The fourth-order valence-corrected chi connectivity index (χ4v) is 2.32. The molecule has 0 radical (unpaired) electrons. The summed E-state index contributed by atoms with van der Waals surface area (Å²) in [5, 5.41) is 7.65. The minimum absolute atomic E-state index is 0.150. The van der Waals surface area contributed by atoms with Gasteiger partial charge in [-0.05, 0) is 37.8 Å². The number of aryl methyl sites for hydroxylation is 2. The molecule has 1 saturated carbocycles. The number of hydrogen-bond donors (Lipinski definition) is 1. The highest BCUT2D eigenvalue weighted by Crippen LogP contribution is 2.18. The molecule has 102 valence electrons. The van der Waals surface area contributed by atoms with Gasteiger partial charge in [0.2, 0.25) is 0 Å². The van der Waals surface area contributed by atoms with Gasteiger partial charge in [0.25, 0.3) is 0 Å². The van der Waals surface area contributed by atoms with E-state index in [9.17, 15) is 8.42 Å². The van der Waals surface area contributed by atoms with Crippen LogP contribution in [0.25, 0.3) is 0 Å². The molecule has 0 atom stereocenters. The summed E-state index contributed by atoms with van der Waals surface area (Å²) in [6.45, 7) is 1.50. The van der Waals surface area contributed by atoms with E-state index in [1.165, 1.54) is 24.7 Å². The monoisotopic (exact) mass is 271 g/mol. The van der Waals surface area contributed by atoms with Gasteiger partial charge in [0.1, 0.15) is 9.84 Å². The Balaban J connectivity index is 1.68. The summed E-state index contributed by atoms with van der Waals surface area (Å²) in [7, 11) is -2.91. The quantitative estimate of drug-likeness (QED) is 0.704. The van der Waals surface area contributed by atoms with Crippen molar-refractivity contribution in [2.75, 3.05) is 18.6 Å². The van der Waals surface area contributed by atoms with Gasteiger partial charge in [-0.2, -0.15) is 5.10 Å². The van der Waals surface area contributed by atoms with Crippen molar-refractivity contribution < 1.29 is 8.42 Å². The Morgan fingerprint density at radius 2 is 2.28 bits per heavy atom. The molecule has 0 amide bonds. The molecular weight excluding hydrogens is 250 g/mol. The summed E-state index contributed by atoms with van der Waals surface area (Å²) in [6.07, 6.45) is 9.78. The summed E-state index contributed by atoms with van der Waals surface area (Å²) in [6, 6.07) is 0.766. The van der Waals surface area contributed by atoms with Gasteiger partial charge in [0.05, 0.1) is 18.5 Å². The van der Waals surface area contributed by atoms with Gasteiger partial charge in [-0.3, -0.25) is 4.68 Å². The van der Waals surface area contributed by atoms with Crippen molar-refractivity contribution in [1.29, 1.82) is 0 Å². The molecule has 0 aliphatic heterocycles. The third-order valence-electron chi connectivity index (χ3n) is 3.03. The zero-order valence-electron chi connectivity index (χ0n) is 10.8. The lowest BCUT2D eigenvalue weighted by Gasteiger charge is -2.01. The highest BCUT2D eigenvalue weighted by atomic mass is 32.2. The van der Waals surface area contributed by atoms with E-state index < -0.39 is 9.84 Å². The minimum atomic E-state index is -2.91. The van der Waals surface area contributed by atoms with Gasteiger partial charge in [0.15, 0.2) is 0 Å². The molecule has 0 unspecified atom stereocenters. The number of hydrogen-bond acceptors (Lipinski definition) is 4. The van der Waals surface area contributed by atoms with E-state index >= 15 is 0 Å². The SMILES string of the molecule is CS(=O)(=O)CCn1cc(CCCNC2CC2)cn1. The summed E-state index contributed by atoms with van der Waals surface area (Å²) < 4.78 is 23.8. The summed E-state index contributed by atoms with van der Waals surface area (Å²) in [4.78, 5) is 0. The van der Waals surface area contributed by atoms with Gasteiger partial charge >= 0.3 is 0 Å². The lowest BCUT2D eigenvalue weighted by atomic mass is 10.2. The van der Waals surface area contributed by atoms with Crippen molar-refractivity contribution in [3.8, 4) is 0 Å². The van der Waals surface area contributed by atoms with Crippen LogP contribution in [0.3, 0.4) is 0 Å². The minimum Gasteiger partial charge on any atom is -0.314 e. The van der Waals surface area contributed by atoms with Crippen LogP contribution in [0.15, 0.2) is 12.4 Å². The third-order valence-corrected chi connectivity index (χ3v) is 3.95. The first-order valence-electron chi connectivity index (χ1n) is 6.45. The first kappa shape index (κ1) is 13.5. The first-order chi connectivity index (χ1) is 8.53. The predicted molar refractivity (Wildman–Crippen MR) is 71.3 cm³/mol. The molecule has 6 heteroatoms. The maximum Gasteiger partial charge on any atom is 0.149 e. The zero-order chi connectivity index (χ0) is 13.0. The average molecular weight is 271 g/mol. The normalized spacial score (nSPS) is 16.1. The van der Waals surface area contributed by atoms with Crippen LogP contribution in [-0.2, 0) is 22.8 Å². The lowest BCUT2D eigenvalue weighted by molar-refractivity contribution is 0.586. The Kier molecular flexibility index (Phi) is 4.40. The van der Waals surface area contributed by atoms with Crippen LogP contribution < -0.4 is 5.32 Å². The van der Waals surface area contributed by atoms with Crippen molar-refractivity contribution in [3.63, 3.8) is 0 Å². The lowest BCUT2D eigenvalue weighted by Crippen LogP contribution is -2.17. The largest absolute Gasteiger partial charge is 0.314 e. The Labute approximate surface area is 108 Å². The second-order valence-corrected chi connectivity index (χ2v) is 7.33. The Morgan fingerprint density at radius 1 is 1.50 bits per heavy atom. The highest BCUT2D eigenvalue weighted by Gasteiger charge is 2.19. The van der Waals surface area contributed by atoms with E-state index in [0.717, 1.165) is 25.4 Å². The number of sulfone groups is 1. The Hall–Kier alpha value is -0.880. The van der Waals surface area contributed by atoms with E-state index in [1.807, 2.05) is 12.4 Å². The predicted octanol–water partition coefficient (Wildman–Crippen LogP) is 0.612. The smallest absolute Gasteiger partial charge is 0.149 e. The Bertz CT molecular complexity index is 477. The average Bonchev–Trinajstić information content (AvgIpc) is 3.00. The first-order valence-corrected chi connectivity index (χ1v) is 8.51. The fraction of sp³-hybridized carbons (Fsp3) is 0.750. The van der Waals surface area contributed by atoms with E-state index in [0.29, 0.717) is 6.54 Å². The van der Waals surface area contributed by atoms with Gasteiger partial charge in [0, 0.05) is 18.5 Å². The molecule has 1 heterocycles. The number of nitrogens with one attached hydrogen (secondary N) is 1. The molecule has 18 heavy (non-hydrogen) atoms. The molecule has 0 bridgehead atoms. The van der Waals surface area contributed by atoms with Crippen LogP contribution in [0, 0.1) is 0 Å². The number of aromatic nitrogens is 2. The molecular formula is C12H21N3O2S. The standard InChI is InChI=1S/C12H21N3O2S/c1-18(16,17)8-7-15-10-11(9-14-15)3-2-6-13-12-4-5-12/h9-10,12-13H,2-8H2,1H3. The van der Waals surface area contributed by atoms with E-state index in [2.05, 4.69) is 10.4 Å². The number of nitrogens with zero attached hydrogens (tertiary/aromatic N) is 2. The van der Waals surface area contributed by atoms with Crippen molar-refractivity contribution in [1.82, 2.24) is 15.1 Å². The van der Waals surface area contributed by atoms with E-state index in [4.69, 9.17) is 0 Å². The topological polar surface area (TPSA) is 64.0 Å². The molecule has 1 aromatic heterocycles. The molecule has 0 spiro atoms. The molecule has 1 N–H and O–H groups in total. The van der Waals surface area contributed by atoms with Crippen molar-refractivity contribution in [3.05, 3.63) is 18.0 Å². The molecule has 0 saturated heterocycles. The molecule has 0 aromatic carbocycles. The van der Waals surface area contributed by atoms with Gasteiger partial charge in [-0.25, -0.2) is 8.42 Å². The molecule has 1 aliphatic carbocycles. The fourth-order valence-electron chi connectivity index (χ4n) is 1.80. The highest BCUT2D eigenvalue weighted by molar-refractivity contribution is 7.90. The third kappa shape index (κ3) is 5.18. The van der Waals surface area contributed by atoms with Gasteiger partial charge in [-0.1, -0.05) is 0 Å². The Morgan fingerprint density at radius 3 is 2.94 bits per heavy atom. The summed E-state index contributed by atoms with van der Waals surface area (Å²) in [5.41, 5.74) is 1.18. The van der Waals surface area contributed by atoms with E-state index in [1.54, 1.807) is 4.68 Å². The van der Waals surface area contributed by atoms with E-state index in [-0.39, 0.29) is 5.75 Å². The summed E-state index contributed by atoms with van der Waals surface area (Å²) in [5.74, 6) is 0.150. The molecule has 1 aliphatic rings. The zero-order valence-corrected chi connectivity index (χ0v) is 11.6. The van der Waals surface area contributed by atoms with Crippen LogP contribution in [0.4, 0.5) is 0 Å². The second kappa shape index (κ2) is 5.84. The summed E-state index contributed by atoms with van der Waals surface area (Å²) >= 11 is 0. The van der Waals surface area contributed by atoms with Crippen molar-refractivity contribution in [2.24, 2.45) is 0 Å². The van der Waals surface area contributed by atoms with Crippen LogP contribution in [0.5, 0.6) is 0 Å². The number of rotatable bonds is 8. The second-order valence-electron chi connectivity index (χ2n) is 5.07.